The lowest BCUT2D eigenvalue weighted by Gasteiger charge is -2.10. The zero-order valence-electron chi connectivity index (χ0n) is 10.1. The summed E-state index contributed by atoms with van der Waals surface area (Å²) in [6.45, 7) is 0.536. The van der Waals surface area contributed by atoms with E-state index in [1.807, 2.05) is 0 Å². The van der Waals surface area contributed by atoms with Crippen LogP contribution in [0.5, 0.6) is 0 Å². The fraction of sp³-hybridized carbons (Fsp3) is 0.400. The Labute approximate surface area is 109 Å². The van der Waals surface area contributed by atoms with Crippen LogP contribution in [-0.4, -0.2) is 42.8 Å². The molecule has 0 fully saturated rings. The SMILES string of the molecule is Cc1ccc(S(=O)(=O)NCC(O)CO)cc1[N+](=O)[O-]. The second-order valence-electron chi connectivity index (χ2n) is 3.89. The van der Waals surface area contributed by atoms with Gasteiger partial charge in [-0.2, -0.15) is 0 Å². The van der Waals surface area contributed by atoms with Gasteiger partial charge in [-0.3, -0.25) is 10.1 Å². The number of aliphatic hydroxyl groups excluding tert-OH is 2. The van der Waals surface area contributed by atoms with Crippen molar-refractivity contribution in [3.8, 4) is 0 Å². The number of aliphatic hydroxyl groups is 2. The Morgan fingerprint density at radius 2 is 2.11 bits per heavy atom. The fourth-order valence-electron chi connectivity index (χ4n) is 1.31. The average Bonchev–Trinajstić information content (AvgIpc) is 2.35. The minimum atomic E-state index is -3.96. The summed E-state index contributed by atoms with van der Waals surface area (Å²) in [5, 5.41) is 28.4. The molecule has 0 bridgehead atoms. The largest absolute Gasteiger partial charge is 0.394 e. The highest BCUT2D eigenvalue weighted by Crippen LogP contribution is 2.21. The number of hydrogen-bond donors (Lipinski definition) is 3. The molecule has 0 saturated heterocycles. The van der Waals surface area contributed by atoms with E-state index in [1.165, 1.54) is 19.1 Å². The number of sulfonamides is 1. The molecule has 1 rings (SSSR count). The molecule has 19 heavy (non-hydrogen) atoms. The molecule has 0 amide bonds. The molecule has 0 saturated carbocycles. The van der Waals surface area contributed by atoms with Crippen molar-refractivity contribution in [2.24, 2.45) is 0 Å². The molecule has 0 aliphatic rings. The van der Waals surface area contributed by atoms with Gasteiger partial charge in [-0.05, 0) is 13.0 Å². The maximum Gasteiger partial charge on any atom is 0.273 e. The standard InChI is InChI=1S/C10H14N2O6S/c1-7-2-3-9(4-10(7)12(15)16)19(17,18)11-5-8(14)6-13/h2-4,8,11,13-14H,5-6H2,1H3. The van der Waals surface area contributed by atoms with Crippen molar-refractivity contribution in [3.63, 3.8) is 0 Å². The summed E-state index contributed by atoms with van der Waals surface area (Å²) in [7, 11) is -3.96. The van der Waals surface area contributed by atoms with Crippen LogP contribution in [0.2, 0.25) is 0 Å². The first kappa shape index (κ1) is 15.5. The molecule has 8 nitrogen and oxygen atoms in total. The summed E-state index contributed by atoms with van der Waals surface area (Å²) in [6, 6.07) is 3.51. The van der Waals surface area contributed by atoms with Crippen molar-refractivity contribution in [2.45, 2.75) is 17.9 Å². The molecule has 9 heteroatoms. The lowest BCUT2D eigenvalue weighted by molar-refractivity contribution is -0.385. The van der Waals surface area contributed by atoms with Crippen molar-refractivity contribution >= 4 is 15.7 Å². The summed E-state index contributed by atoms with van der Waals surface area (Å²) in [5.74, 6) is 0. The monoisotopic (exact) mass is 290 g/mol. The Hall–Kier alpha value is -1.55. The Morgan fingerprint density at radius 3 is 2.63 bits per heavy atom. The lowest BCUT2D eigenvalue weighted by Crippen LogP contribution is -2.33. The van der Waals surface area contributed by atoms with Gasteiger partial charge in [-0.1, -0.05) is 6.07 Å². The summed E-state index contributed by atoms with van der Waals surface area (Å²) in [5.41, 5.74) is 0.0462. The molecule has 1 aromatic carbocycles. The van der Waals surface area contributed by atoms with Gasteiger partial charge >= 0.3 is 0 Å². The molecule has 0 spiro atoms. The number of rotatable bonds is 6. The molecule has 0 radical (unpaired) electrons. The van der Waals surface area contributed by atoms with Gasteiger partial charge in [0.25, 0.3) is 5.69 Å². The predicted octanol–water partition coefficient (Wildman–Crippen LogP) is -0.465. The molecule has 0 aromatic heterocycles. The van der Waals surface area contributed by atoms with Crippen LogP contribution in [0.15, 0.2) is 23.1 Å². The summed E-state index contributed by atoms with van der Waals surface area (Å²) < 4.78 is 25.7. The number of nitrogens with one attached hydrogen (secondary N) is 1. The first-order chi connectivity index (χ1) is 8.77. The third-order valence-electron chi connectivity index (χ3n) is 2.41. The van der Waals surface area contributed by atoms with E-state index in [0.717, 1.165) is 6.07 Å². The fourth-order valence-corrected chi connectivity index (χ4v) is 2.40. The average molecular weight is 290 g/mol. The van der Waals surface area contributed by atoms with Gasteiger partial charge in [-0.15, -0.1) is 0 Å². The van der Waals surface area contributed by atoms with Gasteiger partial charge in [0, 0.05) is 18.2 Å². The second kappa shape index (κ2) is 6.06. The molecule has 0 aliphatic heterocycles. The smallest absolute Gasteiger partial charge is 0.273 e. The van der Waals surface area contributed by atoms with Crippen LogP contribution in [0.3, 0.4) is 0 Å². The summed E-state index contributed by atoms with van der Waals surface area (Å²) in [4.78, 5) is 9.79. The van der Waals surface area contributed by atoms with Crippen LogP contribution in [0.4, 0.5) is 5.69 Å². The van der Waals surface area contributed by atoms with E-state index in [-0.39, 0.29) is 17.1 Å². The number of nitro groups is 1. The molecule has 1 atom stereocenters. The topological polar surface area (TPSA) is 130 Å². The van der Waals surface area contributed by atoms with Crippen LogP contribution in [-0.2, 0) is 10.0 Å². The molecular formula is C10H14N2O6S. The van der Waals surface area contributed by atoms with E-state index >= 15 is 0 Å². The number of nitrogens with zero attached hydrogens (tertiary/aromatic N) is 1. The zero-order valence-corrected chi connectivity index (χ0v) is 10.9. The third-order valence-corrected chi connectivity index (χ3v) is 3.83. The molecule has 3 N–H and O–H groups in total. The molecule has 1 unspecified atom stereocenters. The maximum absolute atomic E-state index is 11.8. The van der Waals surface area contributed by atoms with E-state index < -0.39 is 27.7 Å². The summed E-state index contributed by atoms with van der Waals surface area (Å²) >= 11 is 0. The van der Waals surface area contributed by atoms with Gasteiger partial charge in [-0.25, -0.2) is 13.1 Å². The molecule has 106 valence electrons. The number of nitro benzene ring substituents is 1. The van der Waals surface area contributed by atoms with Crippen molar-refractivity contribution in [3.05, 3.63) is 33.9 Å². The molecule has 0 heterocycles. The van der Waals surface area contributed by atoms with Crippen molar-refractivity contribution in [1.29, 1.82) is 0 Å². The number of hydrogen-bond acceptors (Lipinski definition) is 6. The minimum Gasteiger partial charge on any atom is -0.394 e. The predicted molar refractivity (Wildman–Crippen MR) is 66.1 cm³/mol. The van der Waals surface area contributed by atoms with Crippen molar-refractivity contribution in [1.82, 2.24) is 4.72 Å². The molecule has 0 aliphatic carbocycles. The van der Waals surface area contributed by atoms with E-state index in [0.29, 0.717) is 5.56 Å². The van der Waals surface area contributed by atoms with Crippen LogP contribution in [0, 0.1) is 17.0 Å². The van der Waals surface area contributed by atoms with Gasteiger partial charge in [0.15, 0.2) is 0 Å². The van der Waals surface area contributed by atoms with Gasteiger partial charge < -0.3 is 10.2 Å². The third kappa shape index (κ3) is 3.96. The lowest BCUT2D eigenvalue weighted by atomic mass is 10.2. The van der Waals surface area contributed by atoms with E-state index in [1.54, 1.807) is 0 Å². The van der Waals surface area contributed by atoms with Crippen LogP contribution < -0.4 is 4.72 Å². The highest BCUT2D eigenvalue weighted by atomic mass is 32.2. The van der Waals surface area contributed by atoms with Crippen LogP contribution in [0.25, 0.3) is 0 Å². The Balaban J connectivity index is 3.02. The van der Waals surface area contributed by atoms with E-state index in [9.17, 15) is 18.5 Å². The van der Waals surface area contributed by atoms with E-state index in [2.05, 4.69) is 4.72 Å². The van der Waals surface area contributed by atoms with E-state index in [4.69, 9.17) is 10.2 Å². The number of aryl methyl sites for hydroxylation is 1. The zero-order chi connectivity index (χ0) is 14.6. The molecule has 1 aromatic rings. The molecular weight excluding hydrogens is 276 g/mol. The first-order valence-corrected chi connectivity index (χ1v) is 6.80. The van der Waals surface area contributed by atoms with Crippen molar-refractivity contribution < 1.29 is 23.6 Å². The quantitative estimate of drug-likeness (QED) is 0.480. The van der Waals surface area contributed by atoms with Crippen LogP contribution >= 0.6 is 0 Å². The normalized spacial score (nSPS) is 13.2. The summed E-state index contributed by atoms with van der Waals surface area (Å²) in [6.07, 6.45) is -1.23. The first-order valence-electron chi connectivity index (χ1n) is 5.31. The second-order valence-corrected chi connectivity index (χ2v) is 5.66. The Morgan fingerprint density at radius 1 is 1.47 bits per heavy atom. The van der Waals surface area contributed by atoms with Gasteiger partial charge in [0.2, 0.25) is 10.0 Å². The Kier molecular flexibility index (Phi) is 4.95. The Bertz CT molecular complexity index is 571. The minimum absolute atomic E-state index is 0.269. The highest BCUT2D eigenvalue weighted by molar-refractivity contribution is 7.89. The number of benzene rings is 1. The highest BCUT2D eigenvalue weighted by Gasteiger charge is 2.20. The van der Waals surface area contributed by atoms with Gasteiger partial charge in [0.1, 0.15) is 0 Å². The van der Waals surface area contributed by atoms with Crippen molar-refractivity contribution in [2.75, 3.05) is 13.2 Å². The van der Waals surface area contributed by atoms with Crippen LogP contribution in [0.1, 0.15) is 5.56 Å². The van der Waals surface area contributed by atoms with Gasteiger partial charge in [0.05, 0.1) is 22.5 Å². The maximum atomic E-state index is 11.8.